The molecule has 2 aromatic heterocycles. The van der Waals surface area contributed by atoms with Gasteiger partial charge in [-0.15, -0.1) is 12.4 Å². The zero-order chi connectivity index (χ0) is 23.3. The topological polar surface area (TPSA) is 102 Å². The number of rotatable bonds is 5. The van der Waals surface area contributed by atoms with E-state index in [0.717, 1.165) is 22.5 Å². The molecule has 1 aliphatic rings. The molecule has 0 aliphatic carbocycles. The summed E-state index contributed by atoms with van der Waals surface area (Å²) in [5.41, 5.74) is 4.92. The monoisotopic (exact) mass is 485 g/mol. The summed E-state index contributed by atoms with van der Waals surface area (Å²) in [6.07, 6.45) is 8.75. The van der Waals surface area contributed by atoms with E-state index in [9.17, 15) is 10.1 Å². The number of carbonyl (C=O) groups is 1. The normalized spacial score (nSPS) is 14.9. The molecule has 0 saturated heterocycles. The Balaban J connectivity index is 0.00000289. The first kappa shape index (κ1) is 23.9. The first-order valence-electron chi connectivity index (χ1n) is 11.1. The molecule has 1 amide bonds. The minimum absolute atomic E-state index is 0. The highest BCUT2D eigenvalue weighted by Crippen LogP contribution is 2.31. The van der Waals surface area contributed by atoms with E-state index in [4.69, 9.17) is 0 Å². The molecule has 2 aromatic carbocycles. The molecule has 176 valence electrons. The Labute approximate surface area is 209 Å². The van der Waals surface area contributed by atoms with E-state index in [1.165, 1.54) is 12.4 Å². The maximum atomic E-state index is 13.7. The maximum Gasteiger partial charge on any atom is 0.274 e. The highest BCUT2D eigenvalue weighted by molar-refractivity contribution is 5.92. The molecule has 0 radical (unpaired) electrons. The van der Waals surface area contributed by atoms with Gasteiger partial charge < -0.3 is 14.8 Å². The Kier molecular flexibility index (Phi) is 7.38. The lowest BCUT2D eigenvalue weighted by Gasteiger charge is -2.32. The minimum Gasteiger partial charge on any atom is -0.363 e. The summed E-state index contributed by atoms with van der Waals surface area (Å²) in [7, 11) is 0. The van der Waals surface area contributed by atoms with Crippen LogP contribution in [0.1, 0.15) is 32.9 Å². The number of hydrogen-bond donors (Lipinski definition) is 1. The predicted molar refractivity (Wildman–Crippen MR) is 134 cm³/mol. The lowest BCUT2D eigenvalue weighted by molar-refractivity contribution is 0.0664. The Bertz CT molecular complexity index is 1310. The van der Waals surface area contributed by atoms with Crippen LogP contribution in [0, 0.1) is 11.3 Å². The number of fused-ring (bicyclic) bond motifs is 1. The average Bonchev–Trinajstić information content (AvgIpc) is 3.35. The van der Waals surface area contributed by atoms with Gasteiger partial charge in [0.2, 0.25) is 0 Å². The van der Waals surface area contributed by atoms with E-state index in [1.54, 1.807) is 12.5 Å². The van der Waals surface area contributed by atoms with Crippen molar-refractivity contribution < 1.29 is 4.79 Å². The van der Waals surface area contributed by atoms with Gasteiger partial charge >= 0.3 is 0 Å². The second-order valence-electron chi connectivity index (χ2n) is 8.28. The van der Waals surface area contributed by atoms with Crippen molar-refractivity contribution in [3.63, 3.8) is 0 Å². The number of carbonyl (C=O) groups excluding carboxylic acids is 1. The fourth-order valence-electron chi connectivity index (χ4n) is 4.44. The summed E-state index contributed by atoms with van der Waals surface area (Å²) >= 11 is 0. The van der Waals surface area contributed by atoms with Gasteiger partial charge in [-0.05, 0) is 35.7 Å². The molecule has 35 heavy (non-hydrogen) atoms. The van der Waals surface area contributed by atoms with Gasteiger partial charge in [0.05, 0.1) is 42.4 Å². The van der Waals surface area contributed by atoms with Crippen molar-refractivity contribution in [2.75, 3.05) is 11.4 Å². The maximum absolute atomic E-state index is 13.7. The predicted octanol–water partition coefficient (Wildman–Crippen LogP) is 3.77. The molecule has 5 rings (SSSR count). The molecule has 0 saturated carbocycles. The summed E-state index contributed by atoms with van der Waals surface area (Å²) in [6, 6.07) is 17.9. The lowest BCUT2D eigenvalue weighted by atomic mass is 10.0. The number of imidazole rings is 1. The van der Waals surface area contributed by atoms with Crippen LogP contribution in [0.15, 0.2) is 79.6 Å². The van der Waals surface area contributed by atoms with Crippen LogP contribution < -0.4 is 4.90 Å². The molecule has 8 nitrogen and oxygen atoms in total. The number of aromatic amines is 1. The van der Waals surface area contributed by atoms with Gasteiger partial charge in [0, 0.05) is 37.4 Å². The van der Waals surface area contributed by atoms with Crippen molar-refractivity contribution in [2.24, 2.45) is 0 Å². The van der Waals surface area contributed by atoms with Crippen LogP contribution in [0.25, 0.3) is 0 Å². The minimum atomic E-state index is -0.175. The number of hydrogen-bond acceptors (Lipinski definition) is 6. The van der Waals surface area contributed by atoms with E-state index in [-0.39, 0.29) is 24.4 Å². The highest BCUT2D eigenvalue weighted by atomic mass is 35.5. The quantitative estimate of drug-likeness (QED) is 0.461. The zero-order valence-corrected chi connectivity index (χ0v) is 19.7. The van der Waals surface area contributed by atoms with Crippen LogP contribution in [-0.2, 0) is 19.5 Å². The third-order valence-corrected chi connectivity index (χ3v) is 6.04. The number of halogens is 1. The van der Waals surface area contributed by atoms with Crippen molar-refractivity contribution >= 4 is 24.0 Å². The smallest absolute Gasteiger partial charge is 0.274 e. The van der Waals surface area contributed by atoms with Crippen LogP contribution in [0.2, 0.25) is 0 Å². The number of aromatic nitrogens is 4. The third-order valence-electron chi connectivity index (χ3n) is 6.04. The molecule has 0 spiro atoms. The van der Waals surface area contributed by atoms with E-state index in [2.05, 4.69) is 43.0 Å². The zero-order valence-electron chi connectivity index (χ0n) is 18.9. The largest absolute Gasteiger partial charge is 0.363 e. The molecule has 0 fully saturated rings. The first-order chi connectivity index (χ1) is 16.7. The summed E-state index contributed by atoms with van der Waals surface area (Å²) < 4.78 is 0. The van der Waals surface area contributed by atoms with Crippen molar-refractivity contribution in [3.8, 4) is 6.07 Å². The second-order valence-corrected chi connectivity index (χ2v) is 8.28. The van der Waals surface area contributed by atoms with Gasteiger partial charge in [0.25, 0.3) is 5.91 Å². The number of anilines is 1. The molecule has 0 unspecified atom stereocenters. The molecule has 0 bridgehead atoms. The lowest BCUT2D eigenvalue weighted by Crippen LogP contribution is -2.46. The number of amides is 1. The summed E-state index contributed by atoms with van der Waals surface area (Å²) in [4.78, 5) is 33.5. The Morgan fingerprint density at radius 1 is 1.11 bits per heavy atom. The van der Waals surface area contributed by atoms with Gasteiger partial charge in [-0.25, -0.2) is 9.97 Å². The van der Waals surface area contributed by atoms with Crippen LogP contribution in [0.4, 0.5) is 5.69 Å². The van der Waals surface area contributed by atoms with Gasteiger partial charge in [0.15, 0.2) is 0 Å². The van der Waals surface area contributed by atoms with Crippen LogP contribution >= 0.6 is 12.4 Å². The molecular weight excluding hydrogens is 462 g/mol. The van der Waals surface area contributed by atoms with Gasteiger partial charge in [-0.3, -0.25) is 9.78 Å². The number of H-pyrrole nitrogens is 1. The fraction of sp³-hybridized carbons (Fsp3) is 0.192. The Morgan fingerprint density at radius 3 is 2.69 bits per heavy atom. The van der Waals surface area contributed by atoms with Gasteiger partial charge in [-0.2, -0.15) is 5.26 Å². The first-order valence-corrected chi connectivity index (χ1v) is 11.1. The number of nitriles is 1. The standard InChI is InChI=1S/C26H23N7O.ClH/c27-12-20-6-7-25-21(10-20)15-33(26(34)24-14-28-8-9-30-24)23(11-19-4-2-1-3-5-19)17-32(25)16-22-13-29-18-31-22;/h1-10,13-14,18,23H,11,15-17H2,(H,29,31);1H/t23-;/m1./s1. The van der Waals surface area contributed by atoms with Crippen LogP contribution in [-0.4, -0.2) is 43.3 Å². The van der Waals surface area contributed by atoms with Crippen molar-refractivity contribution in [1.29, 1.82) is 5.26 Å². The van der Waals surface area contributed by atoms with Gasteiger partial charge in [0.1, 0.15) is 5.69 Å². The molecule has 1 aliphatic heterocycles. The SMILES string of the molecule is Cl.N#Cc1ccc2c(c1)CN(C(=O)c1cnccn1)[C@H](Cc1ccccc1)CN2Cc1cnc[nH]1. The molecule has 3 heterocycles. The third kappa shape index (κ3) is 5.31. The molecule has 1 N–H and O–H groups in total. The molecule has 1 atom stereocenters. The van der Waals surface area contributed by atoms with Crippen molar-refractivity contribution in [1.82, 2.24) is 24.8 Å². The number of nitrogens with one attached hydrogen (secondary N) is 1. The highest BCUT2D eigenvalue weighted by Gasteiger charge is 2.32. The summed E-state index contributed by atoms with van der Waals surface area (Å²) in [6.45, 7) is 1.59. The van der Waals surface area contributed by atoms with E-state index in [1.807, 2.05) is 47.5 Å². The molecule has 4 aromatic rings. The summed E-state index contributed by atoms with van der Waals surface area (Å²) in [5, 5.41) is 9.51. The Hall–Kier alpha value is -4.22. The second kappa shape index (κ2) is 10.8. The van der Waals surface area contributed by atoms with E-state index < -0.39 is 0 Å². The fourth-order valence-corrected chi connectivity index (χ4v) is 4.44. The van der Waals surface area contributed by atoms with Gasteiger partial charge in [-0.1, -0.05) is 30.3 Å². The van der Waals surface area contributed by atoms with Crippen molar-refractivity contribution in [2.45, 2.75) is 25.6 Å². The van der Waals surface area contributed by atoms with E-state index >= 15 is 0 Å². The van der Waals surface area contributed by atoms with Crippen molar-refractivity contribution in [3.05, 3.63) is 108 Å². The average molecular weight is 486 g/mol. The number of benzene rings is 2. The van der Waals surface area contributed by atoms with Crippen LogP contribution in [0.5, 0.6) is 0 Å². The van der Waals surface area contributed by atoms with E-state index in [0.29, 0.717) is 37.3 Å². The molecular formula is C26H24ClN7O. The Morgan fingerprint density at radius 2 is 1.97 bits per heavy atom. The van der Waals surface area contributed by atoms with Crippen LogP contribution in [0.3, 0.4) is 0 Å². The summed E-state index contributed by atoms with van der Waals surface area (Å²) in [5.74, 6) is -0.175. The number of nitrogens with zero attached hydrogens (tertiary/aromatic N) is 6. The molecule has 9 heteroatoms.